The van der Waals surface area contributed by atoms with Crippen LogP contribution in [0.3, 0.4) is 0 Å². The zero-order chi connectivity index (χ0) is 33.6. The average molecular weight is 735 g/mol. The second-order valence-electron chi connectivity index (χ2n) is 12.0. The minimum absolute atomic E-state index is 1.01. The number of rotatable bonds is 2. The van der Waals surface area contributed by atoms with Crippen molar-refractivity contribution in [3.63, 3.8) is 0 Å². The fourth-order valence-electron chi connectivity index (χ4n) is 6.88. The largest absolute Gasteiger partial charge is 0.522 e. The lowest BCUT2D eigenvalue weighted by atomic mass is 9.87. The summed E-state index contributed by atoms with van der Waals surface area (Å²) < 4.78 is 63.7. The van der Waals surface area contributed by atoms with E-state index in [2.05, 4.69) is 133 Å². The van der Waals surface area contributed by atoms with Crippen molar-refractivity contribution in [1.29, 1.82) is 0 Å². The van der Waals surface area contributed by atoms with Gasteiger partial charge in [-0.25, -0.2) is 0 Å². The Labute approximate surface area is 284 Å². The maximum absolute atomic E-state index is 10.7. The minimum atomic E-state index is -5.84. The molecular formula is C37H31BrF3N3O3S+2. The number of nitrogens with one attached hydrogen (secondary N) is 1. The average Bonchev–Trinajstić information content (AvgIpc) is 3.21. The number of pyridine rings is 2. The van der Waals surface area contributed by atoms with E-state index in [0.29, 0.717) is 0 Å². The molecule has 0 bridgehead atoms. The lowest BCUT2D eigenvalue weighted by Gasteiger charge is -2.15. The monoisotopic (exact) mass is 733 g/mol. The van der Waals surface area contributed by atoms with E-state index in [1.807, 2.05) is 0 Å². The van der Waals surface area contributed by atoms with Crippen molar-refractivity contribution in [3.8, 4) is 22.5 Å². The number of nitrogens with zero attached hydrogens (tertiary/aromatic N) is 2. The molecule has 0 saturated heterocycles. The lowest BCUT2D eigenvalue weighted by Crippen LogP contribution is -2.38. The molecule has 2 aliphatic rings. The molecule has 6 aromatic rings. The van der Waals surface area contributed by atoms with E-state index in [1.165, 1.54) is 61.1 Å². The van der Waals surface area contributed by atoms with Crippen molar-refractivity contribution in [2.75, 3.05) is 0 Å². The number of para-hydroxylation sites is 1. The smallest absolute Gasteiger partial charge is 0.361 e. The molecule has 244 valence electrons. The topological polar surface area (TPSA) is 77.9 Å². The normalized spacial score (nSPS) is 14.4. The number of hydrogen-bond acceptors (Lipinski definition) is 2. The standard InChI is InChI=1S/C36H29BrN3.CHF3O3S/c37-29-16-17-30-28(23-38-31(30)22-29)15-14-27-21-26-7-1-2-10-32(26)40-20-6-9-25-13-12-24-8-5-19-39-18-4-3-11-33(39)34(24)35(25)36(27)40;2-1(3,4)8(5,6)7/h1-4,7,10-18,21-23H,5-6,8-9,19-20H2;(H,5,6,7)/q+1;/p+1. The van der Waals surface area contributed by atoms with Gasteiger partial charge in [0.2, 0.25) is 16.9 Å². The van der Waals surface area contributed by atoms with Crippen LogP contribution in [0.5, 0.6) is 0 Å². The summed E-state index contributed by atoms with van der Waals surface area (Å²) in [6, 6.07) is 29.2. The number of halogens is 4. The zero-order valence-corrected chi connectivity index (χ0v) is 28.0. The number of fused-ring (bicyclic) bond motifs is 10. The molecule has 2 N–H and O–H groups in total. The summed E-state index contributed by atoms with van der Waals surface area (Å²) in [5.74, 6) is 0. The number of alkyl halides is 3. The number of benzene rings is 3. The Hall–Kier alpha value is -4.32. The van der Waals surface area contributed by atoms with Crippen molar-refractivity contribution in [2.45, 2.75) is 44.3 Å². The molecule has 8 rings (SSSR count). The van der Waals surface area contributed by atoms with E-state index in [-0.39, 0.29) is 0 Å². The molecule has 11 heteroatoms. The van der Waals surface area contributed by atoms with Crippen LogP contribution in [0.15, 0.2) is 95.7 Å². The van der Waals surface area contributed by atoms with Gasteiger partial charge in [-0.1, -0.05) is 52.3 Å². The molecule has 0 spiro atoms. The molecule has 5 heterocycles. The fraction of sp³-hybridized carbons (Fsp3) is 0.189. The Morgan fingerprint density at radius 1 is 0.833 bits per heavy atom. The molecule has 0 fully saturated rings. The SMILES string of the molecule is Brc1ccc2c(/C=C/c3cc4ccccc4[n+]4c3-c3c(ccc5c3-c3cccc[n+]3CCC5)CCC4)c[nH]c2c1.O=S(=O)(O)C(F)(F)F. The molecule has 3 aromatic carbocycles. The summed E-state index contributed by atoms with van der Waals surface area (Å²) in [5, 5.41) is 2.52. The first-order chi connectivity index (χ1) is 23.0. The van der Waals surface area contributed by atoms with E-state index in [0.717, 1.165) is 48.8 Å². The highest BCUT2D eigenvalue weighted by Gasteiger charge is 2.44. The third-order valence-electron chi connectivity index (χ3n) is 8.98. The molecule has 3 aromatic heterocycles. The molecule has 0 unspecified atom stereocenters. The summed E-state index contributed by atoms with van der Waals surface area (Å²) in [4.78, 5) is 3.45. The quantitative estimate of drug-likeness (QED) is 0.107. The van der Waals surface area contributed by atoms with E-state index < -0.39 is 15.6 Å². The predicted molar refractivity (Wildman–Crippen MR) is 184 cm³/mol. The summed E-state index contributed by atoms with van der Waals surface area (Å²) in [7, 11) is -5.84. The molecule has 0 amide bonds. The van der Waals surface area contributed by atoms with Gasteiger partial charge in [0.1, 0.15) is 13.1 Å². The van der Waals surface area contributed by atoms with Crippen LogP contribution in [0.4, 0.5) is 13.2 Å². The maximum atomic E-state index is 10.7. The van der Waals surface area contributed by atoms with E-state index >= 15 is 0 Å². The maximum Gasteiger partial charge on any atom is 0.522 e. The second-order valence-corrected chi connectivity index (χ2v) is 14.3. The highest BCUT2D eigenvalue weighted by Crippen LogP contribution is 2.41. The Balaban J connectivity index is 0.000000408. The Morgan fingerprint density at radius 3 is 2.29 bits per heavy atom. The van der Waals surface area contributed by atoms with E-state index in [9.17, 15) is 13.2 Å². The molecule has 0 atom stereocenters. The van der Waals surface area contributed by atoms with E-state index in [4.69, 9.17) is 13.0 Å². The number of hydrogen-bond donors (Lipinski definition) is 2. The Morgan fingerprint density at radius 2 is 1.52 bits per heavy atom. The van der Waals surface area contributed by atoms with Crippen LogP contribution >= 0.6 is 15.9 Å². The van der Waals surface area contributed by atoms with Crippen LogP contribution in [0.25, 0.3) is 56.5 Å². The Bertz CT molecular complexity index is 2350. The first-order valence-corrected chi connectivity index (χ1v) is 17.8. The lowest BCUT2D eigenvalue weighted by molar-refractivity contribution is -0.686. The van der Waals surface area contributed by atoms with Gasteiger partial charge in [0.15, 0.2) is 6.20 Å². The highest BCUT2D eigenvalue weighted by molar-refractivity contribution is 9.10. The van der Waals surface area contributed by atoms with Crippen molar-refractivity contribution in [3.05, 3.63) is 118 Å². The Kier molecular flexibility index (Phi) is 8.47. The molecule has 48 heavy (non-hydrogen) atoms. The van der Waals surface area contributed by atoms with Crippen LogP contribution in [-0.4, -0.2) is 23.5 Å². The highest BCUT2D eigenvalue weighted by atomic mass is 79.9. The third kappa shape index (κ3) is 6.06. The van der Waals surface area contributed by atoms with Crippen LogP contribution in [0.2, 0.25) is 0 Å². The molecule has 0 saturated carbocycles. The van der Waals surface area contributed by atoms with Gasteiger partial charge < -0.3 is 4.98 Å². The van der Waals surface area contributed by atoms with Crippen molar-refractivity contribution >= 4 is 60.0 Å². The van der Waals surface area contributed by atoms with Gasteiger partial charge in [0, 0.05) is 63.6 Å². The van der Waals surface area contributed by atoms with Crippen LogP contribution in [0.1, 0.15) is 35.1 Å². The van der Waals surface area contributed by atoms with Gasteiger partial charge in [-0.2, -0.15) is 30.7 Å². The number of aryl methyl sites for hydroxylation is 4. The fourth-order valence-corrected chi connectivity index (χ4v) is 7.24. The van der Waals surface area contributed by atoms with Gasteiger partial charge in [0.05, 0.1) is 11.1 Å². The summed E-state index contributed by atoms with van der Waals surface area (Å²) >= 11 is 3.61. The van der Waals surface area contributed by atoms with E-state index in [1.54, 1.807) is 0 Å². The van der Waals surface area contributed by atoms with Crippen LogP contribution < -0.4 is 9.13 Å². The molecular weight excluding hydrogens is 703 g/mol. The van der Waals surface area contributed by atoms with Crippen molar-refractivity contribution in [2.24, 2.45) is 0 Å². The zero-order valence-electron chi connectivity index (χ0n) is 25.6. The van der Waals surface area contributed by atoms with Crippen LogP contribution in [0, 0.1) is 0 Å². The van der Waals surface area contributed by atoms with Gasteiger partial charge in [0.25, 0.3) is 0 Å². The van der Waals surface area contributed by atoms with Crippen molar-refractivity contribution < 1.29 is 35.3 Å². The number of H-pyrrole nitrogens is 1. The number of aromatic amines is 1. The molecule has 0 radical (unpaired) electrons. The first-order valence-electron chi connectivity index (χ1n) is 15.6. The summed E-state index contributed by atoms with van der Waals surface area (Å²) in [6.07, 6.45) is 13.5. The summed E-state index contributed by atoms with van der Waals surface area (Å²) in [6.45, 7) is 2.07. The molecule has 6 nitrogen and oxygen atoms in total. The predicted octanol–water partition coefficient (Wildman–Crippen LogP) is 8.45. The minimum Gasteiger partial charge on any atom is -0.361 e. The van der Waals surface area contributed by atoms with Crippen LogP contribution in [-0.2, 0) is 36.0 Å². The number of aromatic nitrogens is 3. The van der Waals surface area contributed by atoms with Crippen molar-refractivity contribution in [1.82, 2.24) is 4.98 Å². The van der Waals surface area contributed by atoms with Gasteiger partial charge in [-0.05, 0) is 65.9 Å². The summed E-state index contributed by atoms with van der Waals surface area (Å²) in [5.41, 5.74) is 7.86. The molecule has 0 aliphatic carbocycles. The molecule has 2 aliphatic heterocycles. The van der Waals surface area contributed by atoms with Gasteiger partial charge in [-0.3, -0.25) is 4.55 Å². The second kappa shape index (κ2) is 12.6. The van der Waals surface area contributed by atoms with Gasteiger partial charge in [-0.15, -0.1) is 0 Å². The van der Waals surface area contributed by atoms with Gasteiger partial charge >= 0.3 is 15.6 Å². The third-order valence-corrected chi connectivity index (χ3v) is 10.1. The first kappa shape index (κ1) is 32.2.